The number of carbonyl (C=O) groups excluding carboxylic acids is 3. The zero-order valence-corrected chi connectivity index (χ0v) is 8.28. The fourth-order valence-electron chi connectivity index (χ4n) is 1.55. The largest absolute Gasteiger partial charge is 0.464 e. The van der Waals surface area contributed by atoms with E-state index in [1.807, 2.05) is 0 Å². The molecule has 0 aromatic carbocycles. The van der Waals surface area contributed by atoms with E-state index in [0.717, 1.165) is 0 Å². The Kier molecular flexibility index (Phi) is 3.22. The van der Waals surface area contributed by atoms with Gasteiger partial charge in [-0.05, 0) is 6.42 Å². The molecule has 1 heterocycles. The standard InChI is InChI=1S/C9H13NO4/c1-6(11)10-8(3-4-9(10)13)5-14-7(2)12/h8H,3-5H2,1-2H3/t8-/m0/s1. The molecule has 1 atom stereocenters. The lowest BCUT2D eigenvalue weighted by molar-refractivity contribution is -0.149. The average molecular weight is 199 g/mol. The number of imide groups is 1. The van der Waals surface area contributed by atoms with Crippen LogP contribution in [0.25, 0.3) is 0 Å². The number of likely N-dealkylation sites (tertiary alicyclic amines) is 1. The molecular formula is C9H13NO4. The van der Waals surface area contributed by atoms with E-state index in [1.54, 1.807) is 0 Å². The van der Waals surface area contributed by atoms with E-state index in [9.17, 15) is 14.4 Å². The van der Waals surface area contributed by atoms with Gasteiger partial charge in [-0.3, -0.25) is 19.3 Å². The quantitative estimate of drug-likeness (QED) is 0.591. The fraction of sp³-hybridized carbons (Fsp3) is 0.667. The molecule has 0 unspecified atom stereocenters. The highest BCUT2D eigenvalue weighted by Gasteiger charge is 2.34. The Bertz CT molecular complexity index is 274. The van der Waals surface area contributed by atoms with Crippen LogP contribution in [0.2, 0.25) is 0 Å². The molecule has 5 nitrogen and oxygen atoms in total. The lowest BCUT2D eigenvalue weighted by Gasteiger charge is -2.20. The number of hydrogen-bond acceptors (Lipinski definition) is 4. The summed E-state index contributed by atoms with van der Waals surface area (Å²) in [5.41, 5.74) is 0. The Morgan fingerprint density at radius 1 is 1.50 bits per heavy atom. The van der Waals surface area contributed by atoms with Gasteiger partial charge in [-0.25, -0.2) is 0 Å². The molecule has 0 radical (unpaired) electrons. The van der Waals surface area contributed by atoms with Crippen LogP contribution in [-0.2, 0) is 19.1 Å². The van der Waals surface area contributed by atoms with Gasteiger partial charge in [0, 0.05) is 20.3 Å². The molecule has 2 amide bonds. The number of rotatable bonds is 2. The smallest absolute Gasteiger partial charge is 0.302 e. The number of esters is 1. The summed E-state index contributed by atoms with van der Waals surface area (Å²) in [4.78, 5) is 34.0. The fourth-order valence-corrected chi connectivity index (χ4v) is 1.55. The maximum absolute atomic E-state index is 11.2. The second kappa shape index (κ2) is 4.21. The van der Waals surface area contributed by atoms with Crippen molar-refractivity contribution in [3.05, 3.63) is 0 Å². The van der Waals surface area contributed by atoms with Gasteiger partial charge in [0.2, 0.25) is 11.8 Å². The number of hydrogen-bond donors (Lipinski definition) is 0. The van der Waals surface area contributed by atoms with Crippen LogP contribution >= 0.6 is 0 Å². The van der Waals surface area contributed by atoms with Crippen LogP contribution < -0.4 is 0 Å². The van der Waals surface area contributed by atoms with Crippen molar-refractivity contribution < 1.29 is 19.1 Å². The number of ether oxygens (including phenoxy) is 1. The summed E-state index contributed by atoms with van der Waals surface area (Å²) < 4.78 is 4.77. The second-order valence-corrected chi connectivity index (χ2v) is 3.28. The third-order valence-corrected chi connectivity index (χ3v) is 2.14. The highest BCUT2D eigenvalue weighted by molar-refractivity contribution is 5.96. The number of amides is 2. The van der Waals surface area contributed by atoms with Gasteiger partial charge in [0.15, 0.2) is 0 Å². The highest BCUT2D eigenvalue weighted by Crippen LogP contribution is 2.18. The summed E-state index contributed by atoms with van der Waals surface area (Å²) >= 11 is 0. The molecule has 0 spiro atoms. The van der Waals surface area contributed by atoms with Gasteiger partial charge in [-0.1, -0.05) is 0 Å². The first kappa shape index (κ1) is 10.7. The van der Waals surface area contributed by atoms with Crippen LogP contribution in [0.4, 0.5) is 0 Å². The van der Waals surface area contributed by atoms with Gasteiger partial charge in [0.05, 0.1) is 6.04 Å². The van der Waals surface area contributed by atoms with Crippen molar-refractivity contribution in [3.8, 4) is 0 Å². The molecule has 78 valence electrons. The minimum Gasteiger partial charge on any atom is -0.464 e. The Morgan fingerprint density at radius 2 is 2.14 bits per heavy atom. The van der Waals surface area contributed by atoms with Gasteiger partial charge in [0.25, 0.3) is 0 Å². The molecule has 0 aromatic rings. The summed E-state index contributed by atoms with van der Waals surface area (Å²) in [5, 5.41) is 0. The first-order chi connectivity index (χ1) is 6.52. The summed E-state index contributed by atoms with van der Waals surface area (Å²) in [6.45, 7) is 2.75. The Labute approximate surface area is 82.0 Å². The molecule has 5 heteroatoms. The third-order valence-electron chi connectivity index (χ3n) is 2.14. The molecule has 0 aliphatic carbocycles. The van der Waals surface area contributed by atoms with Crippen LogP contribution in [0.1, 0.15) is 26.7 Å². The van der Waals surface area contributed by atoms with Gasteiger partial charge in [-0.2, -0.15) is 0 Å². The van der Waals surface area contributed by atoms with Crippen LogP contribution in [-0.4, -0.2) is 35.3 Å². The summed E-state index contributed by atoms with van der Waals surface area (Å²) in [6.07, 6.45) is 0.928. The van der Waals surface area contributed by atoms with E-state index in [2.05, 4.69) is 0 Å². The van der Waals surface area contributed by atoms with Gasteiger partial charge in [0.1, 0.15) is 6.61 Å². The number of nitrogens with zero attached hydrogens (tertiary/aromatic N) is 1. The van der Waals surface area contributed by atoms with Crippen molar-refractivity contribution in [1.29, 1.82) is 0 Å². The SMILES string of the molecule is CC(=O)OC[C@@H]1CCC(=O)N1C(C)=O. The topological polar surface area (TPSA) is 63.7 Å². The van der Waals surface area contributed by atoms with Gasteiger partial charge >= 0.3 is 5.97 Å². The molecule has 1 aliphatic heterocycles. The summed E-state index contributed by atoms with van der Waals surface area (Å²) in [5.74, 6) is -0.868. The number of carbonyl (C=O) groups is 3. The van der Waals surface area contributed by atoms with Gasteiger partial charge < -0.3 is 4.74 Å². The van der Waals surface area contributed by atoms with E-state index >= 15 is 0 Å². The van der Waals surface area contributed by atoms with E-state index < -0.39 is 5.97 Å². The average Bonchev–Trinajstić information content (AvgIpc) is 2.43. The Morgan fingerprint density at radius 3 is 2.64 bits per heavy atom. The lowest BCUT2D eigenvalue weighted by Crippen LogP contribution is -2.39. The molecule has 0 N–H and O–H groups in total. The van der Waals surface area contributed by atoms with Crippen molar-refractivity contribution >= 4 is 17.8 Å². The zero-order valence-electron chi connectivity index (χ0n) is 8.28. The molecule has 1 aliphatic rings. The molecule has 1 rings (SSSR count). The normalized spacial score (nSPS) is 21.1. The van der Waals surface area contributed by atoms with Crippen molar-refractivity contribution in [1.82, 2.24) is 4.90 Å². The summed E-state index contributed by atoms with van der Waals surface area (Å²) in [7, 11) is 0. The monoisotopic (exact) mass is 199 g/mol. The first-order valence-electron chi connectivity index (χ1n) is 4.48. The minimum absolute atomic E-state index is 0.112. The summed E-state index contributed by atoms with van der Waals surface area (Å²) in [6, 6.07) is -0.274. The van der Waals surface area contributed by atoms with Crippen LogP contribution in [0.15, 0.2) is 0 Å². The Hall–Kier alpha value is -1.39. The maximum Gasteiger partial charge on any atom is 0.302 e. The predicted octanol–water partition coefficient (Wildman–Crippen LogP) is 0.0870. The Balaban J connectivity index is 2.56. The molecule has 14 heavy (non-hydrogen) atoms. The van der Waals surface area contributed by atoms with Crippen molar-refractivity contribution in [2.75, 3.05) is 6.61 Å². The van der Waals surface area contributed by atoms with Crippen molar-refractivity contribution in [2.24, 2.45) is 0 Å². The highest BCUT2D eigenvalue weighted by atomic mass is 16.5. The molecule has 1 saturated heterocycles. The maximum atomic E-state index is 11.2. The van der Waals surface area contributed by atoms with E-state index in [0.29, 0.717) is 12.8 Å². The van der Waals surface area contributed by atoms with Crippen LogP contribution in [0, 0.1) is 0 Å². The van der Waals surface area contributed by atoms with E-state index in [1.165, 1.54) is 18.7 Å². The predicted molar refractivity (Wildman–Crippen MR) is 47.2 cm³/mol. The molecule has 0 saturated carbocycles. The lowest BCUT2D eigenvalue weighted by atomic mass is 10.2. The van der Waals surface area contributed by atoms with Crippen LogP contribution in [0.5, 0.6) is 0 Å². The van der Waals surface area contributed by atoms with Crippen LogP contribution in [0.3, 0.4) is 0 Å². The zero-order chi connectivity index (χ0) is 10.7. The van der Waals surface area contributed by atoms with E-state index in [-0.39, 0.29) is 24.5 Å². The first-order valence-corrected chi connectivity index (χ1v) is 4.48. The molecule has 0 aromatic heterocycles. The second-order valence-electron chi connectivity index (χ2n) is 3.28. The molecular weight excluding hydrogens is 186 g/mol. The molecule has 0 bridgehead atoms. The molecule has 1 fully saturated rings. The third kappa shape index (κ3) is 2.31. The van der Waals surface area contributed by atoms with Gasteiger partial charge in [-0.15, -0.1) is 0 Å². The van der Waals surface area contributed by atoms with E-state index in [4.69, 9.17) is 4.74 Å². The minimum atomic E-state index is -0.396. The van der Waals surface area contributed by atoms with Crippen molar-refractivity contribution in [2.45, 2.75) is 32.7 Å². The van der Waals surface area contributed by atoms with Crippen molar-refractivity contribution in [3.63, 3.8) is 0 Å².